The summed E-state index contributed by atoms with van der Waals surface area (Å²) in [5.41, 5.74) is 7.49. The van der Waals surface area contributed by atoms with Gasteiger partial charge in [-0.15, -0.1) is 0 Å². The van der Waals surface area contributed by atoms with Crippen LogP contribution >= 0.6 is 15.9 Å². The molecule has 112 valence electrons. The highest BCUT2D eigenvalue weighted by Crippen LogP contribution is 2.26. The molecule has 0 spiro atoms. The number of pyridine rings is 1. The van der Waals surface area contributed by atoms with Gasteiger partial charge in [-0.05, 0) is 24.6 Å². The lowest BCUT2D eigenvalue weighted by atomic mass is 10.1. The van der Waals surface area contributed by atoms with Gasteiger partial charge in [0, 0.05) is 37.0 Å². The number of aromatic nitrogens is 1. The first-order chi connectivity index (χ1) is 9.63. The zero-order chi connectivity index (χ0) is 15.0. The van der Waals surface area contributed by atoms with E-state index in [1.54, 1.807) is 20.4 Å². The van der Waals surface area contributed by atoms with E-state index in [1.165, 1.54) is 0 Å². The summed E-state index contributed by atoms with van der Waals surface area (Å²) in [5, 5.41) is 0. The van der Waals surface area contributed by atoms with Crippen LogP contribution in [0.25, 0.3) is 0 Å². The molecule has 0 bridgehead atoms. The molecule has 6 heteroatoms. The van der Waals surface area contributed by atoms with Crippen molar-refractivity contribution in [1.29, 1.82) is 0 Å². The molecule has 0 saturated heterocycles. The Morgan fingerprint density at radius 1 is 1.45 bits per heavy atom. The average Bonchev–Trinajstić information content (AvgIpc) is 2.49. The second kappa shape index (κ2) is 9.07. The Kier molecular flexibility index (Phi) is 7.76. The molecule has 0 fully saturated rings. The van der Waals surface area contributed by atoms with Crippen molar-refractivity contribution in [3.63, 3.8) is 0 Å². The lowest BCUT2D eigenvalue weighted by Gasteiger charge is -2.17. The molecular weight excluding hydrogens is 324 g/mol. The minimum atomic E-state index is -0.206. The summed E-state index contributed by atoms with van der Waals surface area (Å²) in [6.07, 6.45) is 1.48. The molecule has 0 amide bonds. The van der Waals surface area contributed by atoms with Crippen molar-refractivity contribution in [2.45, 2.75) is 13.0 Å². The summed E-state index contributed by atoms with van der Waals surface area (Å²) in [7, 11) is 3.27. The van der Waals surface area contributed by atoms with Crippen LogP contribution in [-0.4, -0.2) is 39.0 Å². The first-order valence-electron chi connectivity index (χ1n) is 6.27. The van der Waals surface area contributed by atoms with E-state index in [9.17, 15) is 0 Å². The van der Waals surface area contributed by atoms with Crippen molar-refractivity contribution in [2.24, 2.45) is 5.73 Å². The van der Waals surface area contributed by atoms with Crippen LogP contribution < -0.4 is 10.5 Å². The number of halogens is 1. The maximum atomic E-state index is 5.74. The molecule has 0 saturated carbocycles. The molecule has 1 unspecified atom stereocenters. The van der Waals surface area contributed by atoms with E-state index < -0.39 is 0 Å². The van der Waals surface area contributed by atoms with Crippen LogP contribution in [0.1, 0.15) is 18.6 Å². The summed E-state index contributed by atoms with van der Waals surface area (Å²) in [6.45, 7) is 3.27. The molecule has 0 aliphatic rings. The summed E-state index contributed by atoms with van der Waals surface area (Å²) < 4.78 is 17.2. The lowest BCUT2D eigenvalue weighted by Crippen LogP contribution is -2.12. The predicted molar refractivity (Wildman–Crippen MR) is 82.0 cm³/mol. The Morgan fingerprint density at radius 3 is 2.80 bits per heavy atom. The van der Waals surface area contributed by atoms with Crippen molar-refractivity contribution < 1.29 is 14.2 Å². The number of rotatable bonds is 8. The number of nitrogens with two attached hydrogens (primary N) is 1. The molecule has 20 heavy (non-hydrogen) atoms. The predicted octanol–water partition coefficient (Wildman–Crippen LogP) is 2.42. The van der Waals surface area contributed by atoms with Gasteiger partial charge in [0.2, 0.25) is 5.88 Å². The molecule has 1 aromatic rings. The summed E-state index contributed by atoms with van der Waals surface area (Å²) in [5.74, 6) is 0.540. The van der Waals surface area contributed by atoms with Crippen molar-refractivity contribution >= 4 is 15.9 Å². The third-order valence-corrected chi connectivity index (χ3v) is 3.76. The second-order valence-corrected chi connectivity index (χ2v) is 5.21. The lowest BCUT2D eigenvalue weighted by molar-refractivity contribution is 0.0255. The highest BCUT2D eigenvalue weighted by atomic mass is 79.9. The Labute approximate surface area is 128 Å². The van der Waals surface area contributed by atoms with Gasteiger partial charge in [0.1, 0.15) is 12.7 Å². The molecule has 1 heterocycles. The highest BCUT2D eigenvalue weighted by molar-refractivity contribution is 9.11. The number of ether oxygens (including phenoxy) is 3. The van der Waals surface area contributed by atoms with E-state index in [0.717, 1.165) is 15.6 Å². The normalized spacial score (nSPS) is 13.8. The highest BCUT2D eigenvalue weighted by Gasteiger charge is 2.16. The van der Waals surface area contributed by atoms with Crippen molar-refractivity contribution in [3.05, 3.63) is 33.9 Å². The van der Waals surface area contributed by atoms with Crippen LogP contribution in [0.5, 0.6) is 5.88 Å². The maximum absolute atomic E-state index is 5.74. The minimum absolute atomic E-state index is 0.206. The van der Waals surface area contributed by atoms with E-state index >= 15 is 0 Å². The molecule has 0 aliphatic carbocycles. The van der Waals surface area contributed by atoms with Gasteiger partial charge < -0.3 is 19.9 Å². The number of methoxy groups -OCH3 is 2. The van der Waals surface area contributed by atoms with Crippen LogP contribution in [0.3, 0.4) is 0 Å². The van der Waals surface area contributed by atoms with E-state index in [4.69, 9.17) is 19.9 Å². The molecule has 1 aromatic heterocycles. The topological polar surface area (TPSA) is 66.6 Å². The zero-order valence-corrected chi connectivity index (χ0v) is 13.6. The Hall–Kier alpha value is -0.950. The molecule has 1 rings (SSSR count). The summed E-state index contributed by atoms with van der Waals surface area (Å²) in [6, 6.07) is 3.77. The third-order valence-electron chi connectivity index (χ3n) is 2.85. The quantitative estimate of drug-likeness (QED) is 0.784. The zero-order valence-electron chi connectivity index (χ0n) is 12.1. The van der Waals surface area contributed by atoms with E-state index in [1.807, 2.05) is 19.1 Å². The Balaban J connectivity index is 2.85. The van der Waals surface area contributed by atoms with Crippen LogP contribution in [-0.2, 0) is 9.47 Å². The van der Waals surface area contributed by atoms with Gasteiger partial charge in [0.25, 0.3) is 0 Å². The molecule has 0 aromatic carbocycles. The first-order valence-corrected chi connectivity index (χ1v) is 7.07. The van der Waals surface area contributed by atoms with Gasteiger partial charge in [-0.25, -0.2) is 4.98 Å². The molecule has 2 N–H and O–H groups in total. The van der Waals surface area contributed by atoms with Crippen molar-refractivity contribution in [3.8, 4) is 5.88 Å². The van der Waals surface area contributed by atoms with Gasteiger partial charge in [0.05, 0.1) is 6.61 Å². The molecule has 0 radical (unpaired) electrons. The van der Waals surface area contributed by atoms with Gasteiger partial charge >= 0.3 is 0 Å². The maximum Gasteiger partial charge on any atom is 0.219 e. The molecule has 5 nitrogen and oxygen atoms in total. The fourth-order valence-electron chi connectivity index (χ4n) is 1.57. The smallest absolute Gasteiger partial charge is 0.219 e. The number of nitrogens with zero attached hydrogens (tertiary/aromatic N) is 1. The fraction of sp³-hybridized carbons (Fsp3) is 0.500. The Bertz CT molecular complexity index is 452. The van der Waals surface area contributed by atoms with Gasteiger partial charge in [0.15, 0.2) is 0 Å². The van der Waals surface area contributed by atoms with E-state index in [-0.39, 0.29) is 6.10 Å². The van der Waals surface area contributed by atoms with E-state index in [2.05, 4.69) is 20.9 Å². The average molecular weight is 345 g/mol. The number of hydrogen-bond acceptors (Lipinski definition) is 5. The van der Waals surface area contributed by atoms with Crippen molar-refractivity contribution in [2.75, 3.05) is 34.0 Å². The largest absolute Gasteiger partial charge is 0.472 e. The van der Waals surface area contributed by atoms with Gasteiger partial charge in [-0.3, -0.25) is 0 Å². The van der Waals surface area contributed by atoms with Crippen LogP contribution in [0.2, 0.25) is 0 Å². The molecule has 0 aliphatic heterocycles. The molecular formula is C14H21BrN2O3. The second-order valence-electron chi connectivity index (χ2n) is 4.26. The SMILES string of the molecule is COCC(OC)c1cccnc1OC/C(Br)=C(\C)CN. The number of hydrogen-bond donors (Lipinski definition) is 1. The monoisotopic (exact) mass is 344 g/mol. The minimum Gasteiger partial charge on any atom is -0.472 e. The van der Waals surface area contributed by atoms with Crippen LogP contribution in [0.4, 0.5) is 0 Å². The fourth-order valence-corrected chi connectivity index (χ4v) is 1.85. The van der Waals surface area contributed by atoms with Crippen LogP contribution in [0, 0.1) is 0 Å². The summed E-state index contributed by atoms with van der Waals surface area (Å²) in [4.78, 5) is 4.25. The van der Waals surface area contributed by atoms with Crippen LogP contribution in [0.15, 0.2) is 28.4 Å². The molecule has 1 atom stereocenters. The summed E-state index contributed by atoms with van der Waals surface area (Å²) >= 11 is 3.46. The van der Waals surface area contributed by atoms with Gasteiger partial charge in [-0.1, -0.05) is 15.9 Å². The standard InChI is InChI=1S/C14H21BrN2O3/c1-10(7-16)12(15)8-20-14-11(5-4-6-17-14)13(19-3)9-18-2/h4-6,13H,7-9,16H2,1-3H3/b12-10-. The third kappa shape index (κ3) is 4.86. The van der Waals surface area contributed by atoms with Crippen molar-refractivity contribution in [1.82, 2.24) is 4.98 Å². The first kappa shape index (κ1) is 17.1. The Morgan fingerprint density at radius 2 is 2.20 bits per heavy atom. The van der Waals surface area contributed by atoms with Gasteiger partial charge in [-0.2, -0.15) is 0 Å². The van der Waals surface area contributed by atoms with E-state index in [0.29, 0.717) is 25.6 Å².